The van der Waals surface area contributed by atoms with Gasteiger partial charge in [-0.15, -0.1) is 0 Å². The normalized spacial score (nSPS) is 20.2. The largest absolute Gasteiger partial charge is 0.360 e. The molecule has 0 radical (unpaired) electrons. The highest BCUT2D eigenvalue weighted by atomic mass is 16.1. The van der Waals surface area contributed by atoms with E-state index >= 15 is 0 Å². The molecule has 37 heavy (non-hydrogen) atoms. The Morgan fingerprint density at radius 3 is 2.59 bits per heavy atom. The second-order valence-electron chi connectivity index (χ2n) is 10.4. The Morgan fingerprint density at radius 2 is 1.81 bits per heavy atom. The van der Waals surface area contributed by atoms with E-state index in [4.69, 9.17) is 0 Å². The number of carbonyl (C=O) groups is 1. The van der Waals surface area contributed by atoms with Gasteiger partial charge in [0.25, 0.3) is 5.91 Å². The highest BCUT2D eigenvalue weighted by molar-refractivity contribution is 6.28. The van der Waals surface area contributed by atoms with Crippen LogP contribution in [-0.2, 0) is 11.3 Å². The van der Waals surface area contributed by atoms with Gasteiger partial charge in [0.1, 0.15) is 12.0 Å². The van der Waals surface area contributed by atoms with Crippen LogP contribution < -0.4 is 20.9 Å². The van der Waals surface area contributed by atoms with E-state index in [2.05, 4.69) is 60.0 Å². The highest BCUT2D eigenvalue weighted by Crippen LogP contribution is 2.41. The predicted molar refractivity (Wildman–Crippen MR) is 146 cm³/mol. The second-order valence-corrected chi connectivity index (χ2v) is 10.4. The van der Waals surface area contributed by atoms with Gasteiger partial charge in [-0.05, 0) is 73.8 Å². The molecule has 4 aliphatic heterocycles. The summed E-state index contributed by atoms with van der Waals surface area (Å²) in [5.74, 6) is 0.837. The van der Waals surface area contributed by atoms with Crippen LogP contribution in [0.4, 0.5) is 17.2 Å². The minimum absolute atomic E-state index is 0.0144. The first-order valence-corrected chi connectivity index (χ1v) is 13.3. The first kappa shape index (κ1) is 22.3. The fraction of sp³-hybridized carbons (Fsp3) is 0.345. The number of carbonyl (C=O) groups excluding carboxylic acids is 1. The minimum atomic E-state index is -0.125. The number of anilines is 3. The summed E-state index contributed by atoms with van der Waals surface area (Å²) in [6.07, 6.45) is 10.7. The molecule has 6 heterocycles. The zero-order chi connectivity index (χ0) is 24.8. The number of nitrogens with one attached hydrogen (secondary N) is 3. The van der Waals surface area contributed by atoms with Crippen LogP contribution in [0.1, 0.15) is 36.8 Å². The third-order valence-corrected chi connectivity index (χ3v) is 7.76. The number of likely N-dealkylation sites (tertiary alicyclic amines) is 1. The van der Waals surface area contributed by atoms with Crippen molar-refractivity contribution in [3.05, 3.63) is 71.8 Å². The molecule has 1 aromatic carbocycles. The van der Waals surface area contributed by atoms with E-state index in [1.807, 2.05) is 24.5 Å². The number of piperidine rings is 1. The van der Waals surface area contributed by atoms with E-state index in [0.29, 0.717) is 11.3 Å². The third kappa shape index (κ3) is 4.42. The maximum atomic E-state index is 13.5. The van der Waals surface area contributed by atoms with Crippen molar-refractivity contribution < 1.29 is 4.79 Å². The summed E-state index contributed by atoms with van der Waals surface area (Å²) in [5, 5.41) is 9.85. The molecule has 0 saturated carbocycles. The van der Waals surface area contributed by atoms with Crippen molar-refractivity contribution in [3.63, 3.8) is 0 Å². The van der Waals surface area contributed by atoms with Crippen LogP contribution in [0.25, 0.3) is 16.7 Å². The van der Waals surface area contributed by atoms with E-state index in [9.17, 15) is 4.79 Å². The molecule has 1 amide bonds. The molecule has 0 bridgehead atoms. The van der Waals surface area contributed by atoms with Crippen LogP contribution in [0.5, 0.6) is 0 Å². The van der Waals surface area contributed by atoms with E-state index in [1.165, 1.54) is 31.2 Å². The van der Waals surface area contributed by atoms with Crippen molar-refractivity contribution in [2.45, 2.75) is 38.4 Å². The Morgan fingerprint density at radius 1 is 0.919 bits per heavy atom. The molecular weight excluding hydrogens is 462 g/mol. The van der Waals surface area contributed by atoms with Crippen LogP contribution in [0, 0.1) is 0 Å². The average molecular weight is 494 g/mol. The molecule has 3 N–H and O–H groups in total. The lowest BCUT2D eigenvalue weighted by molar-refractivity contribution is -0.111. The summed E-state index contributed by atoms with van der Waals surface area (Å²) < 4.78 is 0. The molecule has 0 aliphatic carbocycles. The third-order valence-electron chi connectivity index (χ3n) is 7.76. The molecule has 8 heteroatoms. The van der Waals surface area contributed by atoms with E-state index < -0.39 is 0 Å². The molecule has 188 valence electrons. The summed E-state index contributed by atoms with van der Waals surface area (Å²) in [5.41, 5.74) is 7.52. The number of amides is 1. The van der Waals surface area contributed by atoms with Gasteiger partial charge in [-0.3, -0.25) is 14.7 Å². The molecule has 2 aromatic heterocycles. The Balaban J connectivity index is 1.13. The maximum absolute atomic E-state index is 13.5. The predicted octanol–water partition coefficient (Wildman–Crippen LogP) is 4.04. The van der Waals surface area contributed by atoms with Crippen molar-refractivity contribution in [3.8, 4) is 11.1 Å². The van der Waals surface area contributed by atoms with Gasteiger partial charge < -0.3 is 20.9 Å². The van der Waals surface area contributed by atoms with Crippen LogP contribution in [0.2, 0.25) is 0 Å². The molecule has 0 spiro atoms. The lowest BCUT2D eigenvalue weighted by Crippen LogP contribution is -2.37. The fourth-order valence-electron chi connectivity index (χ4n) is 5.53. The number of benzene rings is 1. The summed E-state index contributed by atoms with van der Waals surface area (Å²) in [6.45, 7) is 5.34. The number of pyridine rings is 2. The maximum Gasteiger partial charge on any atom is 0.258 e. The van der Waals surface area contributed by atoms with Gasteiger partial charge in [0.2, 0.25) is 0 Å². The summed E-state index contributed by atoms with van der Waals surface area (Å²) in [6, 6.07) is 12.4. The Labute approximate surface area is 216 Å². The van der Waals surface area contributed by atoms with E-state index in [0.717, 1.165) is 66.6 Å². The average Bonchev–Trinajstić information content (AvgIpc) is 3.67. The Bertz CT molecular complexity index is 1370. The number of hydrogen-bond acceptors (Lipinski definition) is 7. The van der Waals surface area contributed by atoms with E-state index in [-0.39, 0.29) is 12.1 Å². The minimum Gasteiger partial charge on any atom is -0.360 e. The topological polar surface area (TPSA) is 95.3 Å². The summed E-state index contributed by atoms with van der Waals surface area (Å²) in [7, 11) is 0. The number of nitrogens with zero attached hydrogens (tertiary/aromatic N) is 4. The lowest BCUT2D eigenvalue weighted by Gasteiger charge is -2.31. The fourth-order valence-corrected chi connectivity index (χ4v) is 5.53. The highest BCUT2D eigenvalue weighted by Gasteiger charge is 2.40. The Hall–Kier alpha value is -3.91. The molecular formula is C29H31N7O. The lowest BCUT2D eigenvalue weighted by atomic mass is 9.94. The van der Waals surface area contributed by atoms with Gasteiger partial charge in [0, 0.05) is 48.8 Å². The van der Waals surface area contributed by atoms with Gasteiger partial charge in [-0.25, -0.2) is 4.98 Å². The summed E-state index contributed by atoms with van der Waals surface area (Å²) in [4.78, 5) is 27.3. The van der Waals surface area contributed by atoms with Gasteiger partial charge >= 0.3 is 0 Å². The van der Waals surface area contributed by atoms with Crippen molar-refractivity contribution in [2.75, 3.05) is 41.7 Å². The molecule has 1 unspecified atom stereocenters. The number of rotatable bonds is 6. The number of aromatic nitrogens is 2. The van der Waals surface area contributed by atoms with Gasteiger partial charge in [-0.1, -0.05) is 12.5 Å². The summed E-state index contributed by atoms with van der Waals surface area (Å²) >= 11 is 0. The zero-order valence-electron chi connectivity index (χ0n) is 20.8. The molecule has 3 aromatic rings. The van der Waals surface area contributed by atoms with Crippen LogP contribution in [0.3, 0.4) is 0 Å². The van der Waals surface area contributed by atoms with E-state index in [1.54, 1.807) is 6.20 Å². The molecule has 4 aliphatic rings. The van der Waals surface area contributed by atoms with Crippen LogP contribution >= 0.6 is 0 Å². The van der Waals surface area contributed by atoms with Crippen molar-refractivity contribution >= 4 is 28.7 Å². The monoisotopic (exact) mass is 493 g/mol. The quantitative estimate of drug-likeness (QED) is 0.446. The first-order chi connectivity index (χ1) is 18.2. The Kier molecular flexibility index (Phi) is 5.54. The molecule has 3 saturated heterocycles. The SMILES string of the molecule is O=C(Nc1ccc(N2CCC2)nc1)C1=C2NC2Nc2ccc(-c3cncc(CN4CCCCC4)c3)cc21. The van der Waals surface area contributed by atoms with Crippen molar-refractivity contribution in [1.29, 1.82) is 0 Å². The van der Waals surface area contributed by atoms with Crippen molar-refractivity contribution in [1.82, 2.24) is 20.2 Å². The number of hydrogen-bond donors (Lipinski definition) is 3. The van der Waals surface area contributed by atoms with Crippen molar-refractivity contribution in [2.24, 2.45) is 0 Å². The molecule has 1 atom stereocenters. The van der Waals surface area contributed by atoms with Gasteiger partial charge in [-0.2, -0.15) is 0 Å². The number of fused-ring (bicyclic) bond motifs is 2. The van der Waals surface area contributed by atoms with Crippen LogP contribution in [0.15, 0.2) is 60.7 Å². The molecule has 3 fully saturated rings. The molecule has 7 rings (SSSR count). The van der Waals surface area contributed by atoms with Crippen LogP contribution in [-0.4, -0.2) is 53.1 Å². The van der Waals surface area contributed by atoms with Gasteiger partial charge in [0.15, 0.2) is 0 Å². The zero-order valence-corrected chi connectivity index (χ0v) is 20.8. The molecule has 8 nitrogen and oxygen atoms in total. The first-order valence-electron chi connectivity index (χ1n) is 13.3. The standard InChI is InChI=1S/C29H31N7O/c37-29(32-22-6-8-25(31-17-22)36-11-4-12-36)26-23-14-20(5-7-24(23)33-28-27(26)34-28)21-13-19(15-30-16-21)18-35-9-2-1-3-10-35/h5-8,13-17,28,33-34H,1-4,9-12,18H2,(H,32,37). The second kappa shape index (κ2) is 9.19. The smallest absolute Gasteiger partial charge is 0.258 e. The van der Waals surface area contributed by atoms with Gasteiger partial charge in [0.05, 0.1) is 23.2 Å².